The number of piperidine rings is 1. The van der Waals surface area contributed by atoms with Gasteiger partial charge < -0.3 is 19.5 Å². The smallest absolute Gasteiger partial charge is 0.231 e. The molecule has 1 aromatic heterocycles. The van der Waals surface area contributed by atoms with Crippen LogP contribution in [0.25, 0.3) is 11.4 Å². The second kappa shape index (κ2) is 10.5. The van der Waals surface area contributed by atoms with E-state index in [-0.39, 0.29) is 30.0 Å². The summed E-state index contributed by atoms with van der Waals surface area (Å²) in [6.07, 6.45) is 1.74. The second-order valence-corrected chi connectivity index (χ2v) is 8.38. The molecule has 0 bridgehead atoms. The zero-order chi connectivity index (χ0) is 24.1. The largest absolute Gasteiger partial charge is 0.497 e. The first-order chi connectivity index (χ1) is 16.4. The third-order valence-electron chi connectivity index (χ3n) is 5.92. The molecule has 4 rings (SSSR count). The van der Waals surface area contributed by atoms with Crippen LogP contribution in [-0.4, -0.2) is 47.1 Å². The molecule has 1 N–H and O–H groups in total. The average molecular weight is 467 g/mol. The molecule has 0 radical (unpaired) electrons. The Morgan fingerprint density at radius 1 is 1.26 bits per heavy atom. The van der Waals surface area contributed by atoms with Crippen LogP contribution in [0.2, 0.25) is 0 Å². The van der Waals surface area contributed by atoms with Gasteiger partial charge in [0.05, 0.1) is 25.5 Å². The van der Waals surface area contributed by atoms with Crippen molar-refractivity contribution in [3.63, 3.8) is 0 Å². The van der Waals surface area contributed by atoms with Crippen LogP contribution in [0.3, 0.4) is 0 Å². The number of ether oxygens (including phenoxy) is 1. The van der Waals surface area contributed by atoms with Gasteiger partial charge in [-0.3, -0.25) is 9.59 Å². The highest BCUT2D eigenvalue weighted by Crippen LogP contribution is 2.29. The Hall–Kier alpha value is -3.75. The number of hydrogen-bond acceptors (Lipinski definition) is 6. The summed E-state index contributed by atoms with van der Waals surface area (Å²) >= 11 is 0. The summed E-state index contributed by atoms with van der Waals surface area (Å²) in [5.74, 6) is 0.711. The van der Waals surface area contributed by atoms with E-state index in [2.05, 4.69) is 15.5 Å². The summed E-state index contributed by atoms with van der Waals surface area (Å²) in [6.45, 7) is 2.50. The van der Waals surface area contributed by atoms with Gasteiger partial charge >= 0.3 is 0 Å². The van der Waals surface area contributed by atoms with Gasteiger partial charge in [-0.2, -0.15) is 4.98 Å². The lowest BCUT2D eigenvalue weighted by molar-refractivity contribution is -0.133. The maximum absolute atomic E-state index is 13.5. The third-order valence-corrected chi connectivity index (χ3v) is 5.92. The molecule has 0 saturated carbocycles. The van der Waals surface area contributed by atoms with Gasteiger partial charge in [0.15, 0.2) is 0 Å². The van der Waals surface area contributed by atoms with E-state index >= 15 is 0 Å². The monoisotopic (exact) mass is 466 g/mol. The van der Waals surface area contributed by atoms with E-state index in [0.29, 0.717) is 36.1 Å². The van der Waals surface area contributed by atoms with E-state index in [9.17, 15) is 14.0 Å². The minimum absolute atomic E-state index is 0.0656. The Balaban J connectivity index is 1.44. The summed E-state index contributed by atoms with van der Waals surface area (Å²) in [5, 5.41) is 6.87. The Bertz CT molecular complexity index is 1150. The molecule has 9 heteroatoms. The second-order valence-electron chi connectivity index (χ2n) is 8.38. The van der Waals surface area contributed by atoms with E-state index in [1.165, 1.54) is 19.1 Å². The topological polar surface area (TPSA) is 97.6 Å². The molecule has 1 aliphatic heterocycles. The van der Waals surface area contributed by atoms with Gasteiger partial charge in [0, 0.05) is 25.6 Å². The summed E-state index contributed by atoms with van der Waals surface area (Å²) in [6, 6.07) is 12.9. The number of carbonyl (C=O) groups excluding carboxylic acids is 2. The molecule has 0 spiro atoms. The van der Waals surface area contributed by atoms with Gasteiger partial charge in [0.2, 0.25) is 23.5 Å². The van der Waals surface area contributed by atoms with Crippen molar-refractivity contribution in [1.29, 1.82) is 0 Å². The number of halogens is 1. The summed E-state index contributed by atoms with van der Waals surface area (Å²) < 4.78 is 24.2. The van der Waals surface area contributed by atoms with Gasteiger partial charge in [0.25, 0.3) is 0 Å². The molecule has 2 heterocycles. The number of nitrogens with one attached hydrogen (secondary N) is 1. The van der Waals surface area contributed by atoms with Crippen molar-refractivity contribution >= 4 is 11.8 Å². The number of benzene rings is 2. The fourth-order valence-electron chi connectivity index (χ4n) is 4.19. The van der Waals surface area contributed by atoms with Crippen LogP contribution < -0.4 is 10.1 Å². The number of amides is 2. The molecule has 1 fully saturated rings. The molecule has 2 amide bonds. The number of aromatic nitrogens is 2. The predicted molar refractivity (Wildman–Crippen MR) is 122 cm³/mol. The minimum Gasteiger partial charge on any atom is -0.497 e. The van der Waals surface area contributed by atoms with Crippen molar-refractivity contribution in [2.75, 3.05) is 20.2 Å². The average Bonchev–Trinajstić information content (AvgIpc) is 3.34. The van der Waals surface area contributed by atoms with Crippen LogP contribution >= 0.6 is 0 Å². The van der Waals surface area contributed by atoms with E-state index in [1.54, 1.807) is 36.3 Å². The lowest BCUT2D eigenvalue weighted by Crippen LogP contribution is -2.41. The van der Waals surface area contributed by atoms with Gasteiger partial charge in [-0.25, -0.2) is 4.39 Å². The lowest BCUT2D eigenvalue weighted by atomic mass is 9.96. The van der Waals surface area contributed by atoms with Crippen LogP contribution in [0, 0.1) is 5.82 Å². The molecule has 2 atom stereocenters. The van der Waals surface area contributed by atoms with Crippen LogP contribution in [0.15, 0.2) is 53.1 Å². The van der Waals surface area contributed by atoms with Crippen molar-refractivity contribution in [2.45, 2.75) is 38.1 Å². The van der Waals surface area contributed by atoms with E-state index < -0.39 is 6.04 Å². The number of nitrogens with zero attached hydrogens (tertiary/aromatic N) is 3. The van der Waals surface area contributed by atoms with Gasteiger partial charge in [-0.05, 0) is 42.7 Å². The molecule has 1 saturated heterocycles. The van der Waals surface area contributed by atoms with E-state index in [0.717, 1.165) is 18.4 Å². The highest BCUT2D eigenvalue weighted by molar-refractivity contribution is 5.79. The highest BCUT2D eigenvalue weighted by atomic mass is 19.1. The molecule has 1 aliphatic rings. The first kappa shape index (κ1) is 23.4. The standard InChI is InChI=1S/C25H27FN4O4/c1-16(31)27-22(17-8-10-21(33-2)11-9-17)14-23(32)30-12-4-6-19(15-30)25-28-24(29-34-25)18-5-3-7-20(26)13-18/h3,5,7-11,13,19,22H,4,6,12,14-15H2,1-2H3,(H,27,31). The van der Waals surface area contributed by atoms with Gasteiger partial charge in [0.1, 0.15) is 11.6 Å². The number of rotatable bonds is 7. The summed E-state index contributed by atoms with van der Waals surface area (Å²) in [7, 11) is 1.58. The number of methoxy groups -OCH3 is 1. The number of hydrogen-bond donors (Lipinski definition) is 1. The van der Waals surface area contributed by atoms with Crippen molar-refractivity contribution < 1.29 is 23.2 Å². The normalized spacial score (nSPS) is 16.7. The van der Waals surface area contributed by atoms with Crippen molar-refractivity contribution in [3.8, 4) is 17.1 Å². The van der Waals surface area contributed by atoms with Crippen molar-refractivity contribution in [1.82, 2.24) is 20.4 Å². The number of carbonyl (C=O) groups is 2. The van der Waals surface area contributed by atoms with Crippen molar-refractivity contribution in [2.24, 2.45) is 0 Å². The Kier molecular flexibility index (Phi) is 7.20. The van der Waals surface area contributed by atoms with Gasteiger partial charge in [-0.15, -0.1) is 0 Å². The van der Waals surface area contributed by atoms with Crippen LogP contribution in [0.4, 0.5) is 4.39 Å². The summed E-state index contributed by atoms with van der Waals surface area (Å²) in [5.41, 5.74) is 1.37. The first-order valence-electron chi connectivity index (χ1n) is 11.2. The third kappa shape index (κ3) is 5.59. The Morgan fingerprint density at radius 2 is 2.06 bits per heavy atom. The molecule has 178 valence electrons. The molecule has 3 aromatic rings. The molecule has 34 heavy (non-hydrogen) atoms. The maximum Gasteiger partial charge on any atom is 0.231 e. The molecule has 8 nitrogen and oxygen atoms in total. The van der Waals surface area contributed by atoms with Crippen LogP contribution in [-0.2, 0) is 9.59 Å². The van der Waals surface area contributed by atoms with E-state index in [4.69, 9.17) is 9.26 Å². The molecule has 2 unspecified atom stereocenters. The lowest BCUT2D eigenvalue weighted by Gasteiger charge is -2.32. The molecular weight excluding hydrogens is 439 g/mol. The van der Waals surface area contributed by atoms with Crippen LogP contribution in [0.5, 0.6) is 5.75 Å². The van der Waals surface area contributed by atoms with E-state index in [1.807, 2.05) is 12.1 Å². The summed E-state index contributed by atoms with van der Waals surface area (Å²) in [4.78, 5) is 31.2. The zero-order valence-electron chi connectivity index (χ0n) is 19.2. The molecular formula is C25H27FN4O4. The molecule has 0 aliphatic carbocycles. The SMILES string of the molecule is COc1ccc(C(CC(=O)N2CCCC(c3nc(-c4cccc(F)c4)no3)C2)NC(C)=O)cc1. The van der Waals surface area contributed by atoms with Gasteiger partial charge in [-0.1, -0.05) is 29.4 Å². The minimum atomic E-state index is -0.445. The first-order valence-corrected chi connectivity index (χ1v) is 11.2. The Labute approximate surface area is 197 Å². The fourth-order valence-corrected chi connectivity index (χ4v) is 4.19. The zero-order valence-corrected chi connectivity index (χ0v) is 19.2. The predicted octanol–water partition coefficient (Wildman–Crippen LogP) is 3.86. The van der Waals surface area contributed by atoms with Crippen molar-refractivity contribution in [3.05, 3.63) is 65.8 Å². The highest BCUT2D eigenvalue weighted by Gasteiger charge is 2.30. The van der Waals surface area contributed by atoms with Crippen LogP contribution in [0.1, 0.15) is 49.6 Å². The maximum atomic E-state index is 13.5. The fraction of sp³-hybridized carbons (Fsp3) is 0.360. The quantitative estimate of drug-likeness (QED) is 0.568. The molecule has 2 aromatic carbocycles. The number of likely N-dealkylation sites (tertiary alicyclic amines) is 1. The Morgan fingerprint density at radius 3 is 2.76 bits per heavy atom.